The summed E-state index contributed by atoms with van der Waals surface area (Å²) >= 11 is 0. The van der Waals surface area contributed by atoms with Gasteiger partial charge in [-0.3, -0.25) is 0 Å². The Labute approximate surface area is 138 Å². The highest BCUT2D eigenvalue weighted by molar-refractivity contribution is 6.11. The molecule has 8 atom stereocenters. The summed E-state index contributed by atoms with van der Waals surface area (Å²) in [5, 5.41) is 0. The number of fused-ring (bicyclic) bond motifs is 4. The monoisotopic (exact) mass is 300 g/mol. The SMILES string of the molecule is [B][C@@H]1O[C@@]2(CC)CC[C@H]1C2C.[B][C@@H]1O[C@]2(CC)CC[C@@H]1C2C. The van der Waals surface area contributed by atoms with Crippen molar-refractivity contribution in [1.82, 2.24) is 0 Å². The molecule has 2 saturated carbocycles. The molecule has 2 unspecified atom stereocenters. The van der Waals surface area contributed by atoms with Crippen LogP contribution in [0.15, 0.2) is 0 Å². The van der Waals surface area contributed by atoms with E-state index in [9.17, 15) is 0 Å². The highest BCUT2D eigenvalue weighted by Crippen LogP contribution is 2.53. The van der Waals surface area contributed by atoms with E-state index >= 15 is 0 Å². The molecule has 22 heavy (non-hydrogen) atoms. The van der Waals surface area contributed by atoms with Crippen molar-refractivity contribution >= 4 is 15.7 Å². The molecule has 0 spiro atoms. The fourth-order valence-corrected chi connectivity index (χ4v) is 5.67. The topological polar surface area (TPSA) is 18.5 Å². The van der Waals surface area contributed by atoms with Crippen molar-refractivity contribution in [2.24, 2.45) is 23.7 Å². The van der Waals surface area contributed by atoms with Crippen LogP contribution in [0.2, 0.25) is 0 Å². The molecule has 0 aromatic carbocycles. The third-order valence-electron chi connectivity index (χ3n) is 7.53. The van der Waals surface area contributed by atoms with Gasteiger partial charge in [-0.2, -0.15) is 0 Å². The minimum Gasteiger partial charge on any atom is -0.381 e. The second-order valence-electron chi connectivity index (χ2n) is 7.98. The second-order valence-corrected chi connectivity index (χ2v) is 7.98. The minimum absolute atomic E-state index is 0.0266. The third-order valence-corrected chi connectivity index (χ3v) is 7.53. The van der Waals surface area contributed by atoms with Gasteiger partial charge in [-0.05, 0) is 62.2 Å². The van der Waals surface area contributed by atoms with E-state index in [-0.39, 0.29) is 23.2 Å². The number of hydrogen-bond acceptors (Lipinski definition) is 2. The number of rotatable bonds is 2. The third kappa shape index (κ3) is 2.32. The van der Waals surface area contributed by atoms with Crippen LogP contribution in [0.25, 0.3) is 0 Å². The van der Waals surface area contributed by atoms with E-state index in [1.807, 2.05) is 0 Å². The zero-order valence-electron chi connectivity index (χ0n) is 14.7. The van der Waals surface area contributed by atoms with Crippen molar-refractivity contribution in [3.8, 4) is 0 Å². The van der Waals surface area contributed by atoms with E-state index in [1.54, 1.807) is 0 Å². The van der Waals surface area contributed by atoms with Gasteiger partial charge < -0.3 is 9.47 Å². The molecule has 2 aliphatic heterocycles. The van der Waals surface area contributed by atoms with E-state index in [0.717, 1.165) is 12.8 Å². The smallest absolute Gasteiger partial charge is 0.109 e. The van der Waals surface area contributed by atoms with Gasteiger partial charge in [0.1, 0.15) is 15.7 Å². The number of hydrogen-bond donors (Lipinski definition) is 0. The first kappa shape index (κ1) is 16.9. The Morgan fingerprint density at radius 2 is 1.18 bits per heavy atom. The van der Waals surface area contributed by atoms with E-state index < -0.39 is 0 Å². The standard InChI is InChI=1S/2C9H15BO/c2*1-3-9-5-4-7(6(9)2)8(10)11-9/h2*6-8H,3-5H2,1-2H3/t6?,7-,8+,9-;6?,7-,8-,9-/m01/s1. The van der Waals surface area contributed by atoms with Crippen LogP contribution in [0.1, 0.15) is 66.2 Å². The van der Waals surface area contributed by atoms with Gasteiger partial charge in [-0.1, -0.05) is 27.7 Å². The van der Waals surface area contributed by atoms with Crippen molar-refractivity contribution in [3.05, 3.63) is 0 Å². The molecule has 2 nitrogen and oxygen atoms in total. The average molecular weight is 300 g/mol. The van der Waals surface area contributed by atoms with E-state index in [2.05, 4.69) is 27.7 Å². The Kier molecular flexibility index (Phi) is 4.49. The molecule has 4 bridgehead atoms. The molecule has 0 amide bonds. The molecule has 4 fully saturated rings. The van der Waals surface area contributed by atoms with Gasteiger partial charge in [0.25, 0.3) is 0 Å². The van der Waals surface area contributed by atoms with Crippen LogP contribution in [-0.4, -0.2) is 38.9 Å². The molecule has 4 heteroatoms. The molecule has 0 aromatic rings. The summed E-state index contributed by atoms with van der Waals surface area (Å²) in [5.74, 6) is 2.63. The summed E-state index contributed by atoms with van der Waals surface area (Å²) in [5.41, 5.74) is 0.314. The lowest BCUT2D eigenvalue weighted by atomic mass is 9.81. The molecular formula is C18H30B2O2. The zero-order chi connectivity index (χ0) is 16.1. The van der Waals surface area contributed by atoms with E-state index in [0.29, 0.717) is 23.7 Å². The lowest BCUT2D eigenvalue weighted by molar-refractivity contribution is -0.0491. The predicted octanol–water partition coefficient (Wildman–Crippen LogP) is 3.41. The maximum absolute atomic E-state index is 5.85. The molecule has 0 aromatic heterocycles. The van der Waals surface area contributed by atoms with Crippen LogP contribution in [0.4, 0.5) is 0 Å². The van der Waals surface area contributed by atoms with Gasteiger partial charge in [-0.25, -0.2) is 0 Å². The van der Waals surface area contributed by atoms with Crippen molar-refractivity contribution in [2.75, 3.05) is 0 Å². The Balaban J connectivity index is 0.000000131. The zero-order valence-corrected chi connectivity index (χ0v) is 14.7. The average Bonchev–Trinajstić information content (AvgIpc) is 3.15. The summed E-state index contributed by atoms with van der Waals surface area (Å²) in [7, 11) is 11.7. The van der Waals surface area contributed by atoms with Gasteiger partial charge in [0, 0.05) is 12.0 Å². The molecule has 4 radical (unpaired) electrons. The fraction of sp³-hybridized carbons (Fsp3) is 1.00. The summed E-state index contributed by atoms with van der Waals surface area (Å²) < 4.78 is 11.6. The predicted molar refractivity (Wildman–Crippen MR) is 91.1 cm³/mol. The van der Waals surface area contributed by atoms with Crippen LogP contribution in [-0.2, 0) is 9.47 Å². The molecule has 2 heterocycles. The normalized spacial score (nSPS) is 55.3. The van der Waals surface area contributed by atoms with Gasteiger partial charge in [0.15, 0.2) is 0 Å². The Bertz CT molecular complexity index is 380. The molecule has 120 valence electrons. The quantitative estimate of drug-likeness (QED) is 0.728. The van der Waals surface area contributed by atoms with Crippen LogP contribution in [0.5, 0.6) is 0 Å². The largest absolute Gasteiger partial charge is 0.381 e. The van der Waals surface area contributed by atoms with Crippen molar-refractivity contribution in [1.29, 1.82) is 0 Å². The van der Waals surface area contributed by atoms with Crippen LogP contribution < -0.4 is 0 Å². The summed E-state index contributed by atoms with van der Waals surface area (Å²) in [6.45, 7) is 8.98. The Morgan fingerprint density at radius 3 is 1.32 bits per heavy atom. The summed E-state index contributed by atoms with van der Waals surface area (Å²) in [4.78, 5) is 0. The van der Waals surface area contributed by atoms with Crippen molar-refractivity contribution in [3.63, 3.8) is 0 Å². The highest BCUT2D eigenvalue weighted by Gasteiger charge is 2.55. The fourth-order valence-electron chi connectivity index (χ4n) is 5.67. The van der Waals surface area contributed by atoms with Gasteiger partial charge in [0.2, 0.25) is 0 Å². The minimum atomic E-state index is 0.0266. The molecule has 0 N–H and O–H groups in total. The van der Waals surface area contributed by atoms with E-state index in [4.69, 9.17) is 25.2 Å². The van der Waals surface area contributed by atoms with Crippen LogP contribution in [0, 0.1) is 23.7 Å². The summed E-state index contributed by atoms with van der Waals surface area (Å²) in [6.07, 6.45) is 7.25. The van der Waals surface area contributed by atoms with Gasteiger partial charge in [0.05, 0.1) is 11.2 Å². The van der Waals surface area contributed by atoms with Gasteiger partial charge >= 0.3 is 0 Å². The lowest BCUT2D eigenvalue weighted by Crippen LogP contribution is -2.32. The first-order valence-corrected chi connectivity index (χ1v) is 9.26. The first-order chi connectivity index (χ1) is 10.4. The Morgan fingerprint density at radius 1 is 0.818 bits per heavy atom. The second kappa shape index (κ2) is 5.84. The highest BCUT2D eigenvalue weighted by atomic mass is 16.5. The van der Waals surface area contributed by atoms with Crippen molar-refractivity contribution in [2.45, 2.75) is 89.4 Å². The number of ether oxygens (including phenoxy) is 2. The molecule has 4 aliphatic rings. The van der Waals surface area contributed by atoms with Crippen molar-refractivity contribution < 1.29 is 9.47 Å². The molecule has 4 rings (SSSR count). The molecular weight excluding hydrogens is 270 g/mol. The maximum atomic E-state index is 5.85. The lowest BCUT2D eigenvalue weighted by Gasteiger charge is -2.30. The van der Waals surface area contributed by atoms with Gasteiger partial charge in [-0.15, -0.1) is 0 Å². The maximum Gasteiger partial charge on any atom is 0.109 e. The Hall–Kier alpha value is 0.0499. The molecule has 2 aliphatic carbocycles. The van der Waals surface area contributed by atoms with Crippen LogP contribution in [0.3, 0.4) is 0 Å². The van der Waals surface area contributed by atoms with Crippen LogP contribution >= 0.6 is 0 Å². The molecule has 2 saturated heterocycles. The first-order valence-electron chi connectivity index (χ1n) is 9.26. The summed E-state index contributed by atoms with van der Waals surface area (Å²) in [6, 6.07) is 0.0531. The van der Waals surface area contributed by atoms with E-state index in [1.165, 1.54) is 25.7 Å².